The van der Waals surface area contributed by atoms with Gasteiger partial charge in [-0.05, 0) is 31.2 Å². The highest BCUT2D eigenvalue weighted by Gasteiger charge is 2.34. The number of rotatable bonds is 5. The molecule has 2 aromatic rings. The fraction of sp³-hybridized carbons (Fsp3) is 0.450. The first-order chi connectivity index (χ1) is 14.4. The Balaban J connectivity index is 1.48. The van der Waals surface area contributed by atoms with Crippen LogP contribution >= 0.6 is 0 Å². The summed E-state index contributed by atoms with van der Waals surface area (Å²) in [5, 5.41) is 3.89. The standard InChI is InChI=1S/C20H25FN4O4S/c1-16-20(19(29-22-16)6-7-23-12-14-28-15-13-23)30(26,27)25-10-8-24(9-11-25)18-4-2-17(21)3-5-18/h2-7H,8-15H2,1H3. The van der Waals surface area contributed by atoms with Crippen molar-refractivity contribution in [2.45, 2.75) is 11.8 Å². The van der Waals surface area contributed by atoms with Gasteiger partial charge < -0.3 is 19.1 Å². The number of aryl methyl sites for hydroxylation is 1. The number of nitrogens with zero attached hydrogens (tertiary/aromatic N) is 4. The van der Waals surface area contributed by atoms with Crippen LogP contribution in [0.5, 0.6) is 0 Å². The summed E-state index contributed by atoms with van der Waals surface area (Å²) in [7, 11) is -3.75. The van der Waals surface area contributed by atoms with Gasteiger partial charge >= 0.3 is 0 Å². The number of benzene rings is 1. The van der Waals surface area contributed by atoms with E-state index in [0.717, 1.165) is 18.8 Å². The zero-order valence-corrected chi connectivity index (χ0v) is 17.6. The van der Waals surface area contributed by atoms with E-state index < -0.39 is 10.0 Å². The molecule has 3 heterocycles. The van der Waals surface area contributed by atoms with Crippen LogP contribution in [0.15, 0.2) is 39.9 Å². The van der Waals surface area contributed by atoms with Crippen molar-refractivity contribution in [3.05, 3.63) is 47.7 Å². The van der Waals surface area contributed by atoms with Crippen LogP contribution in [-0.2, 0) is 14.8 Å². The number of hydrogen-bond donors (Lipinski definition) is 0. The van der Waals surface area contributed by atoms with E-state index in [1.54, 1.807) is 25.1 Å². The van der Waals surface area contributed by atoms with Gasteiger partial charge in [0.1, 0.15) is 11.5 Å². The second-order valence-corrected chi connectivity index (χ2v) is 9.17. The molecule has 2 aliphatic heterocycles. The van der Waals surface area contributed by atoms with E-state index in [2.05, 4.69) is 10.1 Å². The number of morpholine rings is 1. The normalized spacial score (nSPS) is 19.0. The molecular formula is C20H25FN4O4S. The minimum atomic E-state index is -3.75. The van der Waals surface area contributed by atoms with Crippen LogP contribution in [0.4, 0.5) is 10.1 Å². The molecule has 30 heavy (non-hydrogen) atoms. The molecule has 2 aliphatic rings. The third kappa shape index (κ3) is 4.35. The maximum atomic E-state index is 13.3. The average molecular weight is 437 g/mol. The van der Waals surface area contributed by atoms with Gasteiger partial charge in [0.15, 0.2) is 10.7 Å². The summed E-state index contributed by atoms with van der Waals surface area (Å²) in [5.74, 6) is -0.0551. The molecule has 8 nitrogen and oxygen atoms in total. The Morgan fingerprint density at radius 1 is 1.03 bits per heavy atom. The number of piperazine rings is 1. The third-order valence-electron chi connectivity index (χ3n) is 5.34. The van der Waals surface area contributed by atoms with Crippen LogP contribution in [0.1, 0.15) is 11.5 Å². The first kappa shape index (κ1) is 20.8. The van der Waals surface area contributed by atoms with E-state index in [1.807, 2.05) is 11.1 Å². The number of hydrogen-bond acceptors (Lipinski definition) is 7. The fourth-order valence-corrected chi connectivity index (χ4v) is 5.34. The Kier molecular flexibility index (Phi) is 6.07. The molecule has 0 spiro atoms. The largest absolute Gasteiger partial charge is 0.378 e. The maximum Gasteiger partial charge on any atom is 0.248 e. The predicted molar refractivity (Wildman–Crippen MR) is 110 cm³/mol. The number of aromatic nitrogens is 1. The van der Waals surface area contributed by atoms with Crippen molar-refractivity contribution in [2.24, 2.45) is 0 Å². The van der Waals surface area contributed by atoms with E-state index in [4.69, 9.17) is 9.26 Å². The molecule has 1 aromatic heterocycles. The van der Waals surface area contributed by atoms with Crippen molar-refractivity contribution in [3.63, 3.8) is 0 Å². The van der Waals surface area contributed by atoms with Gasteiger partial charge in [0.05, 0.1) is 13.2 Å². The van der Waals surface area contributed by atoms with Crippen LogP contribution in [-0.4, -0.2) is 75.3 Å². The van der Waals surface area contributed by atoms with Crippen molar-refractivity contribution < 1.29 is 22.1 Å². The highest BCUT2D eigenvalue weighted by molar-refractivity contribution is 7.89. The summed E-state index contributed by atoms with van der Waals surface area (Å²) >= 11 is 0. The summed E-state index contributed by atoms with van der Waals surface area (Å²) in [6.45, 7) is 6.12. The minimum Gasteiger partial charge on any atom is -0.378 e. The van der Waals surface area contributed by atoms with Gasteiger partial charge in [0.25, 0.3) is 0 Å². The first-order valence-corrected chi connectivity index (χ1v) is 11.4. The first-order valence-electron chi connectivity index (χ1n) is 9.92. The van der Waals surface area contributed by atoms with Crippen molar-refractivity contribution in [1.29, 1.82) is 0 Å². The fourth-order valence-electron chi connectivity index (χ4n) is 3.67. The Morgan fingerprint density at radius 3 is 2.37 bits per heavy atom. The molecule has 0 radical (unpaired) electrons. The predicted octanol–water partition coefficient (Wildman–Crippen LogP) is 1.94. The Labute approximate surface area is 175 Å². The molecule has 0 amide bonds. The smallest absolute Gasteiger partial charge is 0.248 e. The summed E-state index contributed by atoms with van der Waals surface area (Å²) in [6, 6.07) is 6.23. The van der Waals surface area contributed by atoms with Crippen LogP contribution in [0, 0.1) is 12.7 Å². The lowest BCUT2D eigenvalue weighted by Crippen LogP contribution is -2.48. The third-order valence-corrected chi connectivity index (χ3v) is 7.40. The van der Waals surface area contributed by atoms with Gasteiger partial charge in [-0.3, -0.25) is 0 Å². The molecule has 0 N–H and O–H groups in total. The van der Waals surface area contributed by atoms with Crippen molar-refractivity contribution in [1.82, 2.24) is 14.4 Å². The molecule has 10 heteroatoms. The molecule has 2 fully saturated rings. The van der Waals surface area contributed by atoms with Crippen LogP contribution < -0.4 is 4.90 Å². The summed E-state index contributed by atoms with van der Waals surface area (Å²) in [6.07, 6.45) is 3.49. The molecule has 162 valence electrons. The minimum absolute atomic E-state index is 0.113. The van der Waals surface area contributed by atoms with Gasteiger partial charge in [-0.2, -0.15) is 4.31 Å². The Bertz CT molecular complexity index is 992. The molecule has 0 aliphatic carbocycles. The molecule has 1 aromatic carbocycles. The molecule has 0 atom stereocenters. The second kappa shape index (κ2) is 8.75. The van der Waals surface area contributed by atoms with Crippen molar-refractivity contribution >= 4 is 21.8 Å². The van der Waals surface area contributed by atoms with Gasteiger partial charge in [-0.25, -0.2) is 12.8 Å². The number of anilines is 1. The molecule has 0 bridgehead atoms. The Hall–Kier alpha value is -2.43. The van der Waals surface area contributed by atoms with Gasteiger partial charge in [-0.1, -0.05) is 5.16 Å². The number of ether oxygens (including phenoxy) is 1. The van der Waals surface area contributed by atoms with Crippen molar-refractivity contribution in [3.8, 4) is 0 Å². The zero-order chi connectivity index (χ0) is 21.1. The summed E-state index contributed by atoms with van der Waals surface area (Å²) < 4.78 is 51.9. The van der Waals surface area contributed by atoms with E-state index >= 15 is 0 Å². The topological polar surface area (TPSA) is 79.1 Å². The summed E-state index contributed by atoms with van der Waals surface area (Å²) in [4.78, 5) is 4.21. The SMILES string of the molecule is Cc1noc(C=CN2CCOCC2)c1S(=O)(=O)N1CCN(c2ccc(F)cc2)CC1. The van der Waals surface area contributed by atoms with E-state index in [9.17, 15) is 12.8 Å². The second-order valence-electron chi connectivity index (χ2n) is 7.29. The molecular weight excluding hydrogens is 411 g/mol. The number of sulfonamides is 1. The van der Waals surface area contributed by atoms with Crippen LogP contribution in [0.3, 0.4) is 0 Å². The van der Waals surface area contributed by atoms with Gasteiger partial charge in [0.2, 0.25) is 10.0 Å². The lowest BCUT2D eigenvalue weighted by atomic mass is 10.2. The number of halogens is 1. The molecule has 0 saturated carbocycles. The molecule has 2 saturated heterocycles. The van der Waals surface area contributed by atoms with Gasteiger partial charge in [-0.15, -0.1) is 0 Å². The highest BCUT2D eigenvalue weighted by Crippen LogP contribution is 2.27. The monoisotopic (exact) mass is 436 g/mol. The van der Waals surface area contributed by atoms with Crippen LogP contribution in [0.2, 0.25) is 0 Å². The van der Waals surface area contributed by atoms with E-state index in [-0.39, 0.29) is 16.5 Å². The lowest BCUT2D eigenvalue weighted by Gasteiger charge is -2.35. The highest BCUT2D eigenvalue weighted by atomic mass is 32.2. The Morgan fingerprint density at radius 2 is 1.70 bits per heavy atom. The molecule has 0 unspecified atom stereocenters. The molecule has 4 rings (SSSR count). The van der Waals surface area contributed by atoms with Gasteiger partial charge in [0, 0.05) is 57.2 Å². The van der Waals surface area contributed by atoms with E-state index in [1.165, 1.54) is 16.4 Å². The lowest BCUT2D eigenvalue weighted by molar-refractivity contribution is 0.0597. The zero-order valence-electron chi connectivity index (χ0n) is 16.8. The quantitative estimate of drug-likeness (QED) is 0.709. The average Bonchev–Trinajstić information content (AvgIpc) is 3.15. The van der Waals surface area contributed by atoms with Crippen LogP contribution in [0.25, 0.3) is 6.08 Å². The van der Waals surface area contributed by atoms with E-state index in [0.29, 0.717) is 45.1 Å². The summed E-state index contributed by atoms with van der Waals surface area (Å²) in [5.41, 5.74) is 1.22. The van der Waals surface area contributed by atoms with Crippen molar-refractivity contribution in [2.75, 3.05) is 57.4 Å². The maximum absolute atomic E-state index is 13.3.